The Hall–Kier alpha value is -0.780. The largest absolute Gasteiger partial charge is 0.392 e. The number of aliphatic hydroxyl groups is 2. The molecule has 0 aromatic carbocycles. The summed E-state index contributed by atoms with van der Waals surface area (Å²) < 4.78 is 5.29. The van der Waals surface area contributed by atoms with E-state index in [2.05, 4.69) is 6.92 Å². The number of Topliss-reactive ketones (excluding diaryl/α,β-unsaturated/α-hetero) is 2. The van der Waals surface area contributed by atoms with Crippen LogP contribution in [0.5, 0.6) is 0 Å². The number of carbonyl (C=O) groups excluding carboxylic acids is 2. The first-order valence-corrected chi connectivity index (χ1v) is 10.1. The fourth-order valence-corrected chi connectivity index (χ4v) is 7.72. The number of hydrogen-bond donors (Lipinski definition) is 2. The number of aliphatic hydroxyl groups excluding tert-OH is 2. The van der Waals surface area contributed by atoms with Crippen LogP contribution in [0.25, 0.3) is 0 Å². The van der Waals surface area contributed by atoms with Crippen molar-refractivity contribution in [1.82, 2.24) is 0 Å². The molecule has 8 atom stereocenters. The summed E-state index contributed by atoms with van der Waals surface area (Å²) in [6, 6.07) is 0. The van der Waals surface area contributed by atoms with Crippen molar-refractivity contribution >= 4 is 11.6 Å². The summed E-state index contributed by atoms with van der Waals surface area (Å²) in [5.74, 6) is -0.218. The third-order valence-electron chi connectivity index (χ3n) is 8.97. The molecule has 2 N–H and O–H groups in total. The number of rotatable bonds is 2. The predicted molar refractivity (Wildman–Crippen MR) is 95.3 cm³/mol. The smallest absolute Gasteiger partial charge is 0.150 e. The average Bonchev–Trinajstić information content (AvgIpc) is 2.70. The molecule has 4 fully saturated rings. The van der Waals surface area contributed by atoms with Crippen molar-refractivity contribution in [3.05, 3.63) is 0 Å². The van der Waals surface area contributed by atoms with Gasteiger partial charge in [0, 0.05) is 24.9 Å². The minimum Gasteiger partial charge on any atom is -0.392 e. The lowest BCUT2D eigenvalue weighted by Gasteiger charge is -2.64. The molecule has 4 saturated carbocycles. The Morgan fingerprint density at radius 1 is 1.12 bits per heavy atom. The van der Waals surface area contributed by atoms with E-state index in [0.717, 1.165) is 19.3 Å². The monoisotopic (exact) mass is 364 g/mol. The molecule has 146 valence electrons. The SMILES string of the molecule is COC[C@H]1C(=O)[C@@]23[C@H](O)C[C@@H]4C(C)(C)C(=O)CC[C@@]4(C)[C@@H]2CC[C@@H]1[C@H]3O. The summed E-state index contributed by atoms with van der Waals surface area (Å²) >= 11 is 0. The molecule has 0 radical (unpaired) electrons. The zero-order chi connectivity index (χ0) is 19.1. The van der Waals surface area contributed by atoms with E-state index < -0.39 is 23.0 Å². The lowest BCUT2D eigenvalue weighted by atomic mass is 9.39. The Bertz CT molecular complexity index is 642. The Balaban J connectivity index is 1.83. The molecule has 0 aromatic heterocycles. The molecule has 4 aliphatic carbocycles. The quantitative estimate of drug-likeness (QED) is 0.783. The third kappa shape index (κ3) is 1.92. The van der Waals surface area contributed by atoms with Gasteiger partial charge in [0.05, 0.1) is 24.2 Å². The molecule has 0 amide bonds. The second-order valence-corrected chi connectivity index (χ2v) is 10.1. The Labute approximate surface area is 155 Å². The van der Waals surface area contributed by atoms with Crippen molar-refractivity contribution in [3.63, 3.8) is 0 Å². The third-order valence-corrected chi connectivity index (χ3v) is 8.97. The van der Waals surface area contributed by atoms with E-state index in [-0.39, 0.29) is 40.7 Å². The van der Waals surface area contributed by atoms with Gasteiger partial charge < -0.3 is 14.9 Å². The van der Waals surface area contributed by atoms with Gasteiger partial charge in [-0.1, -0.05) is 20.8 Å². The summed E-state index contributed by atoms with van der Waals surface area (Å²) in [4.78, 5) is 26.1. The fraction of sp³-hybridized carbons (Fsp3) is 0.905. The predicted octanol–water partition coefficient (Wildman–Crippen LogP) is 1.98. The molecule has 4 aliphatic rings. The maximum atomic E-state index is 13.5. The fourth-order valence-electron chi connectivity index (χ4n) is 7.72. The van der Waals surface area contributed by atoms with E-state index in [1.165, 1.54) is 0 Å². The van der Waals surface area contributed by atoms with Gasteiger partial charge in [0.1, 0.15) is 11.6 Å². The van der Waals surface area contributed by atoms with Crippen LogP contribution >= 0.6 is 0 Å². The lowest BCUT2D eigenvalue weighted by molar-refractivity contribution is -0.222. The Morgan fingerprint density at radius 3 is 2.46 bits per heavy atom. The Morgan fingerprint density at radius 2 is 1.81 bits per heavy atom. The molecule has 5 heteroatoms. The molecule has 5 nitrogen and oxygen atoms in total. The van der Waals surface area contributed by atoms with Crippen molar-refractivity contribution in [2.45, 2.75) is 65.1 Å². The number of carbonyl (C=O) groups is 2. The molecule has 26 heavy (non-hydrogen) atoms. The average molecular weight is 364 g/mol. The van der Waals surface area contributed by atoms with Gasteiger partial charge in [0.2, 0.25) is 0 Å². The van der Waals surface area contributed by atoms with E-state index in [4.69, 9.17) is 4.74 Å². The molecule has 0 saturated heterocycles. The van der Waals surface area contributed by atoms with Gasteiger partial charge in [0.25, 0.3) is 0 Å². The van der Waals surface area contributed by atoms with Crippen molar-refractivity contribution in [2.24, 2.45) is 39.9 Å². The minimum absolute atomic E-state index is 0.00114. The summed E-state index contributed by atoms with van der Waals surface area (Å²) in [7, 11) is 1.58. The standard InChI is InChI=1S/C21H32O5/c1-19(2)14-9-16(23)21-13(20(14,3)8-7-15(19)22)6-5-11(17(21)24)12(10-26-4)18(21)25/h11-14,16-17,23-24H,5-10H2,1-4H3/t11-,12+,13-,14+,16+,17+,20-,21+/m0/s1. The minimum atomic E-state index is -1.08. The highest BCUT2D eigenvalue weighted by molar-refractivity contribution is 5.93. The van der Waals surface area contributed by atoms with Crippen LogP contribution in [0.1, 0.15) is 52.9 Å². The maximum Gasteiger partial charge on any atom is 0.150 e. The highest BCUT2D eigenvalue weighted by Crippen LogP contribution is 2.70. The number of ether oxygens (including phenoxy) is 1. The number of fused-ring (bicyclic) bond motifs is 3. The summed E-state index contributed by atoms with van der Waals surface area (Å²) in [5.41, 5.74) is -1.78. The maximum absolute atomic E-state index is 13.5. The summed E-state index contributed by atoms with van der Waals surface area (Å²) in [5, 5.41) is 22.5. The van der Waals surface area contributed by atoms with Gasteiger partial charge in [-0.15, -0.1) is 0 Å². The highest BCUT2D eigenvalue weighted by atomic mass is 16.5. The van der Waals surface area contributed by atoms with Gasteiger partial charge >= 0.3 is 0 Å². The summed E-state index contributed by atoms with van der Waals surface area (Å²) in [6.45, 7) is 6.50. The van der Waals surface area contributed by atoms with Crippen LogP contribution < -0.4 is 0 Å². The van der Waals surface area contributed by atoms with Crippen molar-refractivity contribution in [1.29, 1.82) is 0 Å². The van der Waals surface area contributed by atoms with Crippen LogP contribution in [0, 0.1) is 39.9 Å². The topological polar surface area (TPSA) is 83.8 Å². The van der Waals surface area contributed by atoms with Crippen LogP contribution in [0.15, 0.2) is 0 Å². The van der Waals surface area contributed by atoms with E-state index >= 15 is 0 Å². The molecular formula is C21H32O5. The van der Waals surface area contributed by atoms with Gasteiger partial charge in [-0.3, -0.25) is 9.59 Å². The molecular weight excluding hydrogens is 332 g/mol. The molecule has 2 bridgehead atoms. The van der Waals surface area contributed by atoms with Crippen molar-refractivity contribution in [3.8, 4) is 0 Å². The number of hydrogen-bond acceptors (Lipinski definition) is 5. The zero-order valence-corrected chi connectivity index (χ0v) is 16.3. The molecule has 0 aliphatic heterocycles. The van der Waals surface area contributed by atoms with Crippen LogP contribution in [-0.2, 0) is 14.3 Å². The van der Waals surface area contributed by atoms with E-state index in [0.29, 0.717) is 19.4 Å². The molecule has 0 unspecified atom stereocenters. The van der Waals surface area contributed by atoms with E-state index in [9.17, 15) is 19.8 Å². The molecule has 0 heterocycles. The van der Waals surface area contributed by atoms with Crippen LogP contribution in [0.4, 0.5) is 0 Å². The van der Waals surface area contributed by atoms with Crippen LogP contribution in [-0.4, -0.2) is 47.7 Å². The first-order chi connectivity index (χ1) is 12.1. The van der Waals surface area contributed by atoms with Gasteiger partial charge in [0.15, 0.2) is 0 Å². The van der Waals surface area contributed by atoms with Crippen LogP contribution in [0.3, 0.4) is 0 Å². The summed E-state index contributed by atoms with van der Waals surface area (Å²) in [6.07, 6.45) is 1.63. The number of methoxy groups -OCH3 is 1. The lowest BCUT2D eigenvalue weighted by Crippen LogP contribution is -2.68. The second-order valence-electron chi connectivity index (χ2n) is 10.1. The van der Waals surface area contributed by atoms with Gasteiger partial charge in [-0.05, 0) is 48.9 Å². The Kier molecular flexibility index (Phi) is 4.01. The molecule has 1 spiro atoms. The number of ketones is 2. The van der Waals surface area contributed by atoms with Crippen LogP contribution in [0.2, 0.25) is 0 Å². The van der Waals surface area contributed by atoms with Gasteiger partial charge in [-0.2, -0.15) is 0 Å². The first-order valence-electron chi connectivity index (χ1n) is 10.1. The van der Waals surface area contributed by atoms with E-state index in [1.807, 2.05) is 13.8 Å². The molecule has 0 aromatic rings. The zero-order valence-electron chi connectivity index (χ0n) is 16.3. The van der Waals surface area contributed by atoms with Gasteiger partial charge in [-0.25, -0.2) is 0 Å². The van der Waals surface area contributed by atoms with Crippen molar-refractivity contribution in [2.75, 3.05) is 13.7 Å². The highest BCUT2D eigenvalue weighted by Gasteiger charge is 2.75. The normalized spacial score (nSPS) is 52.5. The second kappa shape index (κ2) is 5.62. The van der Waals surface area contributed by atoms with E-state index in [1.54, 1.807) is 7.11 Å². The molecule has 4 rings (SSSR count). The first kappa shape index (κ1) is 18.6. The van der Waals surface area contributed by atoms with Crippen molar-refractivity contribution < 1.29 is 24.5 Å².